The van der Waals surface area contributed by atoms with Crippen molar-refractivity contribution in [3.63, 3.8) is 0 Å². The molecule has 13 rings (SSSR count). The van der Waals surface area contributed by atoms with Crippen LogP contribution < -0.4 is 31.1 Å². The van der Waals surface area contributed by atoms with Gasteiger partial charge >= 0.3 is 0 Å². The van der Waals surface area contributed by atoms with Gasteiger partial charge in [-0.05, 0) is 211 Å². The fraction of sp³-hybridized carbons (Fsp3) is 0.333. The monoisotopic (exact) mass is 994 g/mol. The predicted molar refractivity (Wildman–Crippen MR) is 327 cm³/mol. The number of hydrogen-bond acceptors (Lipinski definition) is 3. The van der Waals surface area contributed by atoms with Crippen molar-refractivity contribution in [1.82, 2.24) is 0 Å². The zero-order valence-corrected chi connectivity index (χ0v) is 47.8. The van der Waals surface area contributed by atoms with Crippen LogP contribution in [0.5, 0.6) is 0 Å². The van der Waals surface area contributed by atoms with Crippen LogP contribution in [0.15, 0.2) is 158 Å². The Morgan fingerprint density at radius 1 is 0.408 bits per heavy atom. The lowest BCUT2D eigenvalue weighted by molar-refractivity contribution is 0.332. The molecule has 0 unspecified atom stereocenters. The summed E-state index contributed by atoms with van der Waals surface area (Å²) >= 11 is 0. The minimum absolute atomic E-state index is 0.0124. The van der Waals surface area contributed by atoms with Gasteiger partial charge in [-0.3, -0.25) is 0 Å². The molecule has 8 aromatic rings. The first kappa shape index (κ1) is 48.8. The summed E-state index contributed by atoms with van der Waals surface area (Å²) in [6, 6.07) is 62.0. The van der Waals surface area contributed by atoms with Crippen LogP contribution in [0.1, 0.15) is 160 Å². The molecule has 4 heteroatoms. The van der Waals surface area contributed by atoms with Gasteiger partial charge < -0.3 is 14.7 Å². The third-order valence-electron chi connectivity index (χ3n) is 19.4. The van der Waals surface area contributed by atoms with Gasteiger partial charge in [-0.2, -0.15) is 0 Å². The maximum absolute atomic E-state index is 2.70. The van der Waals surface area contributed by atoms with Gasteiger partial charge in [-0.15, -0.1) is 0 Å². The molecule has 0 saturated heterocycles. The highest BCUT2D eigenvalue weighted by atomic mass is 15.2. The van der Waals surface area contributed by atoms with E-state index in [1.807, 2.05) is 0 Å². The molecule has 0 spiro atoms. The van der Waals surface area contributed by atoms with E-state index in [4.69, 9.17) is 0 Å². The first-order chi connectivity index (χ1) is 35.9. The maximum Gasteiger partial charge on any atom is 0.252 e. The second-order valence-corrected chi connectivity index (χ2v) is 27.7. The zero-order chi connectivity index (χ0) is 53.2. The smallest absolute Gasteiger partial charge is 0.252 e. The molecule has 2 aliphatic heterocycles. The lowest BCUT2D eigenvalue weighted by Crippen LogP contribution is -2.62. The van der Waals surface area contributed by atoms with Crippen LogP contribution in [0.4, 0.5) is 51.2 Å². The van der Waals surface area contributed by atoms with Gasteiger partial charge in [0, 0.05) is 56.6 Å². The molecule has 0 saturated carbocycles. The summed E-state index contributed by atoms with van der Waals surface area (Å²) in [7, 11) is 0. The maximum atomic E-state index is 2.70. The van der Waals surface area contributed by atoms with Crippen LogP contribution >= 0.6 is 0 Å². The molecule has 2 heterocycles. The van der Waals surface area contributed by atoms with E-state index in [1.54, 1.807) is 0 Å². The second kappa shape index (κ2) is 16.4. The summed E-state index contributed by atoms with van der Waals surface area (Å²) in [4.78, 5) is 7.80. The van der Waals surface area contributed by atoms with Gasteiger partial charge in [0.1, 0.15) is 0 Å². The lowest BCUT2D eigenvalue weighted by Gasteiger charge is -2.48. The molecule has 76 heavy (non-hydrogen) atoms. The van der Waals surface area contributed by atoms with E-state index in [1.165, 1.54) is 119 Å². The number of benzene rings is 8. The van der Waals surface area contributed by atoms with E-state index in [0.29, 0.717) is 0 Å². The molecule has 0 radical (unpaired) electrons. The molecular formula is C72H76BN3. The van der Waals surface area contributed by atoms with Gasteiger partial charge in [0.15, 0.2) is 0 Å². The minimum atomic E-state index is -0.103. The van der Waals surface area contributed by atoms with Gasteiger partial charge in [-0.1, -0.05) is 169 Å². The highest BCUT2D eigenvalue weighted by molar-refractivity contribution is 7.00. The van der Waals surface area contributed by atoms with E-state index < -0.39 is 0 Å². The summed E-state index contributed by atoms with van der Waals surface area (Å²) < 4.78 is 0. The number of para-hydroxylation sites is 1. The quantitative estimate of drug-likeness (QED) is 0.159. The Morgan fingerprint density at radius 2 is 0.908 bits per heavy atom. The summed E-state index contributed by atoms with van der Waals surface area (Å²) in [6.45, 7) is 33.8. The fourth-order valence-electron chi connectivity index (χ4n) is 14.6. The number of fused-ring (bicyclic) bond motifs is 9. The molecule has 0 atom stereocenters. The zero-order valence-electron chi connectivity index (χ0n) is 47.8. The molecular weight excluding hydrogens is 918 g/mol. The largest absolute Gasteiger partial charge is 0.311 e. The molecule has 0 aromatic heterocycles. The van der Waals surface area contributed by atoms with Gasteiger partial charge in [0.05, 0.1) is 0 Å². The normalized spacial score (nSPS) is 18.4. The highest BCUT2D eigenvalue weighted by Gasteiger charge is 2.48. The second-order valence-electron chi connectivity index (χ2n) is 27.7. The Balaban J connectivity index is 1.11. The topological polar surface area (TPSA) is 9.72 Å². The average molecular weight is 994 g/mol. The van der Waals surface area contributed by atoms with Crippen LogP contribution in [-0.2, 0) is 32.5 Å². The third-order valence-corrected chi connectivity index (χ3v) is 19.4. The molecule has 0 N–H and O–H groups in total. The Hall–Kier alpha value is -6.78. The van der Waals surface area contributed by atoms with Crippen molar-refractivity contribution in [2.45, 2.75) is 155 Å². The summed E-state index contributed by atoms with van der Waals surface area (Å²) in [5.41, 5.74) is 29.2. The van der Waals surface area contributed by atoms with E-state index in [9.17, 15) is 0 Å². The van der Waals surface area contributed by atoms with Crippen LogP contribution in [0.3, 0.4) is 0 Å². The molecule has 3 aliphatic carbocycles. The SMILES string of the molecule is Cc1cc2c3c(c1)N(c1ccc4c(c1)C(C)(C)CCC4(C)C)c1cc4c(cc1B3c1ccc(N(c3ccccc3)c3ccc(C(C)(C)C)cc3)cc1N2c1ccc2c(c1)-c1ccccc1C2(C)C)C(C)(C)CCC4(C)C. The van der Waals surface area contributed by atoms with Crippen molar-refractivity contribution in [3.8, 4) is 11.1 Å². The van der Waals surface area contributed by atoms with Crippen molar-refractivity contribution in [1.29, 1.82) is 0 Å². The summed E-state index contributed by atoms with van der Waals surface area (Å²) in [5.74, 6) is 0. The number of rotatable bonds is 5. The standard InChI is InChI=1S/C72H76BN3/c1-45-38-64-66-65(39-45)76(50-29-32-56-57(41-50)69(7,8)35-34-68(56,5)6)63-44-59-58(70(9,10)36-37-71(59,11)12)43-61(63)73(66)60-33-30-51(74(47-20-16-15-17-21-47)48-26-24-46(25-27-48)67(2,3)4)42-62(60)75(64)49-28-31-55-53(40-49)52-22-18-19-23-54(52)72(55,13)14/h15-33,38-44H,34-37H2,1-14H3. The first-order valence-corrected chi connectivity index (χ1v) is 28.4. The van der Waals surface area contributed by atoms with Crippen molar-refractivity contribution < 1.29 is 0 Å². The minimum Gasteiger partial charge on any atom is -0.311 e. The number of hydrogen-bond donors (Lipinski definition) is 0. The molecule has 3 nitrogen and oxygen atoms in total. The molecule has 0 amide bonds. The van der Waals surface area contributed by atoms with E-state index in [2.05, 4.69) is 269 Å². The van der Waals surface area contributed by atoms with E-state index in [0.717, 1.165) is 29.9 Å². The highest BCUT2D eigenvalue weighted by Crippen LogP contribution is 2.55. The van der Waals surface area contributed by atoms with Crippen molar-refractivity contribution in [3.05, 3.63) is 202 Å². The van der Waals surface area contributed by atoms with Crippen molar-refractivity contribution in [2.24, 2.45) is 0 Å². The van der Waals surface area contributed by atoms with Crippen LogP contribution in [0.2, 0.25) is 0 Å². The average Bonchev–Trinajstić information content (AvgIpc) is 3.72. The van der Waals surface area contributed by atoms with E-state index >= 15 is 0 Å². The Bertz CT molecular complexity index is 3700. The Morgan fingerprint density at radius 3 is 1.54 bits per heavy atom. The van der Waals surface area contributed by atoms with Crippen molar-refractivity contribution >= 4 is 74.3 Å². The number of nitrogens with zero attached hydrogens (tertiary/aromatic N) is 3. The predicted octanol–water partition coefficient (Wildman–Crippen LogP) is 17.8. The van der Waals surface area contributed by atoms with Gasteiger partial charge in [0.2, 0.25) is 0 Å². The van der Waals surface area contributed by atoms with Gasteiger partial charge in [-0.25, -0.2) is 0 Å². The van der Waals surface area contributed by atoms with E-state index in [-0.39, 0.29) is 39.2 Å². The number of anilines is 9. The molecule has 0 bridgehead atoms. The van der Waals surface area contributed by atoms with Crippen LogP contribution in [0, 0.1) is 6.92 Å². The van der Waals surface area contributed by atoms with Crippen molar-refractivity contribution in [2.75, 3.05) is 14.7 Å². The van der Waals surface area contributed by atoms with Crippen LogP contribution in [-0.4, -0.2) is 6.71 Å². The third kappa shape index (κ3) is 7.28. The Labute approximate surface area is 455 Å². The molecule has 8 aromatic carbocycles. The molecule has 5 aliphatic rings. The molecule has 382 valence electrons. The fourth-order valence-corrected chi connectivity index (χ4v) is 14.6. The summed E-state index contributed by atoms with van der Waals surface area (Å²) in [5, 5.41) is 0. The lowest BCUT2D eigenvalue weighted by atomic mass is 9.33. The molecule has 0 fully saturated rings. The number of aryl methyl sites for hydroxylation is 1. The summed E-state index contributed by atoms with van der Waals surface area (Å²) in [6.07, 6.45) is 4.69. The van der Waals surface area contributed by atoms with Crippen LogP contribution in [0.25, 0.3) is 11.1 Å². The Kier molecular flexibility index (Phi) is 10.5. The van der Waals surface area contributed by atoms with Gasteiger partial charge in [0.25, 0.3) is 6.71 Å². The first-order valence-electron chi connectivity index (χ1n) is 28.4.